The molecule has 0 aliphatic heterocycles. The summed E-state index contributed by atoms with van der Waals surface area (Å²) in [7, 11) is 2.82. The van der Waals surface area contributed by atoms with Crippen LogP contribution >= 0.6 is 0 Å². The summed E-state index contributed by atoms with van der Waals surface area (Å²) in [5, 5.41) is 21.7. The minimum atomic E-state index is -0.701. The summed E-state index contributed by atoms with van der Waals surface area (Å²) >= 11 is 0. The monoisotopic (exact) mass is 297 g/mol. The van der Waals surface area contributed by atoms with Crippen LogP contribution < -0.4 is 4.90 Å². The fraction of sp³-hybridized carbons (Fsp3) is 0.417. The largest absolute Gasteiger partial charge is 0.469 e. The molecular formula is C12H15N3O6. The molecule has 1 unspecified atom stereocenters. The Balaban J connectivity index is 3.08. The van der Waals surface area contributed by atoms with Crippen LogP contribution in [0, 0.1) is 26.1 Å². The van der Waals surface area contributed by atoms with E-state index in [0.29, 0.717) is 0 Å². The van der Waals surface area contributed by atoms with Crippen LogP contribution in [0.25, 0.3) is 0 Å². The van der Waals surface area contributed by atoms with E-state index in [-0.39, 0.29) is 23.6 Å². The number of ether oxygens (including phenoxy) is 1. The molecule has 9 nitrogen and oxygen atoms in total. The fourth-order valence-electron chi connectivity index (χ4n) is 1.88. The summed E-state index contributed by atoms with van der Waals surface area (Å²) in [5.74, 6) is -0.929. The maximum atomic E-state index is 11.4. The summed E-state index contributed by atoms with van der Waals surface area (Å²) in [4.78, 5) is 33.2. The molecular weight excluding hydrogens is 282 g/mol. The van der Waals surface area contributed by atoms with E-state index in [0.717, 1.165) is 6.07 Å². The second-order valence-corrected chi connectivity index (χ2v) is 4.49. The first-order valence-corrected chi connectivity index (χ1v) is 5.99. The SMILES string of the molecule is COC(=O)C(C)CN(C)c1ccc([N+](=O)[O-])cc1[N+](=O)[O-]. The number of anilines is 1. The molecule has 0 spiro atoms. The number of benzene rings is 1. The van der Waals surface area contributed by atoms with Crippen LogP contribution in [0.2, 0.25) is 0 Å². The number of nitro benzene ring substituents is 2. The first kappa shape index (κ1) is 16.3. The Hall–Kier alpha value is -2.71. The molecule has 0 radical (unpaired) electrons. The molecule has 0 aliphatic rings. The van der Waals surface area contributed by atoms with E-state index in [1.807, 2.05) is 0 Å². The summed E-state index contributed by atoms with van der Waals surface area (Å²) in [6.07, 6.45) is 0. The fourth-order valence-corrected chi connectivity index (χ4v) is 1.88. The predicted octanol–water partition coefficient (Wildman–Crippen LogP) is 1.75. The van der Waals surface area contributed by atoms with Crippen LogP contribution in [0.3, 0.4) is 0 Å². The number of hydrogen-bond acceptors (Lipinski definition) is 7. The van der Waals surface area contributed by atoms with Gasteiger partial charge in [0, 0.05) is 19.7 Å². The Kier molecular flexibility index (Phi) is 5.17. The van der Waals surface area contributed by atoms with Crippen LogP contribution in [0.5, 0.6) is 0 Å². The topological polar surface area (TPSA) is 116 Å². The minimum Gasteiger partial charge on any atom is -0.469 e. The average Bonchev–Trinajstić information content (AvgIpc) is 2.45. The van der Waals surface area contributed by atoms with Gasteiger partial charge in [0.1, 0.15) is 5.69 Å². The quantitative estimate of drug-likeness (QED) is 0.446. The van der Waals surface area contributed by atoms with Gasteiger partial charge in [0.2, 0.25) is 0 Å². The summed E-state index contributed by atoms with van der Waals surface area (Å²) < 4.78 is 4.59. The lowest BCUT2D eigenvalue weighted by Gasteiger charge is -2.21. The molecule has 9 heteroatoms. The summed E-state index contributed by atoms with van der Waals surface area (Å²) in [6, 6.07) is 3.37. The van der Waals surface area contributed by atoms with Gasteiger partial charge in [-0.2, -0.15) is 0 Å². The van der Waals surface area contributed by atoms with Crippen molar-refractivity contribution in [3.63, 3.8) is 0 Å². The number of methoxy groups -OCH3 is 1. The number of carbonyl (C=O) groups is 1. The van der Waals surface area contributed by atoms with Crippen molar-refractivity contribution < 1.29 is 19.4 Å². The lowest BCUT2D eigenvalue weighted by molar-refractivity contribution is -0.393. The van der Waals surface area contributed by atoms with Gasteiger partial charge in [-0.05, 0) is 6.07 Å². The predicted molar refractivity (Wildman–Crippen MR) is 74.2 cm³/mol. The van der Waals surface area contributed by atoms with Gasteiger partial charge in [-0.15, -0.1) is 0 Å². The first-order valence-electron chi connectivity index (χ1n) is 5.99. The van der Waals surface area contributed by atoms with E-state index in [2.05, 4.69) is 4.74 Å². The zero-order valence-corrected chi connectivity index (χ0v) is 11.8. The van der Waals surface area contributed by atoms with Crippen LogP contribution in [0.1, 0.15) is 6.92 Å². The maximum Gasteiger partial charge on any atom is 0.310 e. The van der Waals surface area contributed by atoms with E-state index < -0.39 is 21.7 Å². The molecule has 0 heterocycles. The molecule has 1 aromatic carbocycles. The third kappa shape index (κ3) is 3.88. The molecule has 0 amide bonds. The maximum absolute atomic E-state index is 11.4. The van der Waals surface area contributed by atoms with Crippen molar-refractivity contribution in [2.75, 3.05) is 25.6 Å². The molecule has 0 saturated heterocycles. The van der Waals surface area contributed by atoms with Crippen LogP contribution in [-0.2, 0) is 9.53 Å². The first-order chi connectivity index (χ1) is 9.77. The molecule has 114 valence electrons. The van der Waals surface area contributed by atoms with E-state index in [1.54, 1.807) is 14.0 Å². The van der Waals surface area contributed by atoms with Gasteiger partial charge in [-0.3, -0.25) is 25.0 Å². The standard InChI is InChI=1S/C12H15N3O6/c1-8(12(16)21-3)7-13(2)10-5-4-9(14(17)18)6-11(10)15(19)20/h4-6,8H,7H2,1-3H3. The molecule has 0 fully saturated rings. The van der Waals surface area contributed by atoms with Crippen molar-refractivity contribution in [1.82, 2.24) is 0 Å². The van der Waals surface area contributed by atoms with Gasteiger partial charge in [-0.25, -0.2) is 0 Å². The van der Waals surface area contributed by atoms with Gasteiger partial charge in [0.25, 0.3) is 11.4 Å². The Morgan fingerprint density at radius 1 is 1.33 bits per heavy atom. The molecule has 1 atom stereocenters. The highest BCUT2D eigenvalue weighted by Gasteiger charge is 2.24. The number of non-ortho nitro benzene ring substituents is 1. The third-order valence-electron chi connectivity index (χ3n) is 2.93. The molecule has 1 aromatic rings. The van der Waals surface area contributed by atoms with Crippen LogP contribution in [-0.4, -0.2) is 36.5 Å². The molecule has 0 N–H and O–H groups in total. The number of esters is 1. The van der Waals surface area contributed by atoms with Crippen molar-refractivity contribution in [2.24, 2.45) is 5.92 Å². The van der Waals surface area contributed by atoms with E-state index in [1.165, 1.54) is 24.1 Å². The molecule has 0 aromatic heterocycles. The average molecular weight is 297 g/mol. The van der Waals surface area contributed by atoms with Crippen LogP contribution in [0.4, 0.5) is 17.1 Å². The number of hydrogen-bond donors (Lipinski definition) is 0. The molecule has 0 aliphatic carbocycles. The van der Waals surface area contributed by atoms with E-state index in [4.69, 9.17) is 0 Å². The van der Waals surface area contributed by atoms with Crippen molar-refractivity contribution in [3.8, 4) is 0 Å². The highest BCUT2D eigenvalue weighted by Crippen LogP contribution is 2.31. The molecule has 0 bridgehead atoms. The smallest absolute Gasteiger partial charge is 0.310 e. The van der Waals surface area contributed by atoms with Gasteiger partial charge in [-0.1, -0.05) is 6.92 Å². The number of carbonyl (C=O) groups excluding carboxylic acids is 1. The Labute approximate surface area is 120 Å². The van der Waals surface area contributed by atoms with Crippen molar-refractivity contribution in [3.05, 3.63) is 38.4 Å². The molecule has 21 heavy (non-hydrogen) atoms. The number of nitrogens with zero attached hydrogens (tertiary/aromatic N) is 3. The lowest BCUT2D eigenvalue weighted by atomic mass is 10.1. The molecule has 0 saturated carbocycles. The second kappa shape index (κ2) is 6.64. The van der Waals surface area contributed by atoms with Gasteiger partial charge in [0.05, 0.1) is 28.9 Å². The summed E-state index contributed by atoms with van der Waals surface area (Å²) in [5.41, 5.74) is -0.551. The number of nitro groups is 2. The highest BCUT2D eigenvalue weighted by atomic mass is 16.6. The minimum absolute atomic E-state index is 0.186. The van der Waals surface area contributed by atoms with Gasteiger partial charge in [0.15, 0.2) is 0 Å². The van der Waals surface area contributed by atoms with Crippen molar-refractivity contribution >= 4 is 23.0 Å². The zero-order valence-electron chi connectivity index (χ0n) is 11.8. The van der Waals surface area contributed by atoms with Gasteiger partial charge >= 0.3 is 5.97 Å². The van der Waals surface area contributed by atoms with E-state index in [9.17, 15) is 25.0 Å². The Morgan fingerprint density at radius 3 is 2.43 bits per heavy atom. The third-order valence-corrected chi connectivity index (χ3v) is 2.93. The van der Waals surface area contributed by atoms with Crippen molar-refractivity contribution in [2.45, 2.75) is 6.92 Å². The normalized spacial score (nSPS) is 11.6. The van der Waals surface area contributed by atoms with E-state index >= 15 is 0 Å². The number of rotatable bonds is 6. The zero-order chi connectivity index (χ0) is 16.2. The van der Waals surface area contributed by atoms with Crippen molar-refractivity contribution in [1.29, 1.82) is 0 Å². The van der Waals surface area contributed by atoms with Crippen LogP contribution in [0.15, 0.2) is 18.2 Å². The highest BCUT2D eigenvalue weighted by molar-refractivity contribution is 5.73. The lowest BCUT2D eigenvalue weighted by Crippen LogP contribution is -2.29. The molecule has 1 rings (SSSR count). The van der Waals surface area contributed by atoms with Gasteiger partial charge < -0.3 is 9.64 Å². The Morgan fingerprint density at radius 2 is 1.95 bits per heavy atom. The summed E-state index contributed by atoms with van der Waals surface area (Å²) in [6.45, 7) is 1.81. The Bertz CT molecular complexity index is 574. The second-order valence-electron chi connectivity index (χ2n) is 4.49.